The Balaban J connectivity index is 1.42. The summed E-state index contributed by atoms with van der Waals surface area (Å²) in [4.78, 5) is 2.31. The maximum absolute atomic E-state index is 12.1. The molecular formula is C17H26N2O3S. The fourth-order valence-electron chi connectivity index (χ4n) is 3.35. The Bertz CT molecular complexity index is 612. The molecule has 23 heavy (non-hydrogen) atoms. The molecule has 1 unspecified atom stereocenters. The van der Waals surface area contributed by atoms with Gasteiger partial charge < -0.3 is 4.74 Å². The quantitative estimate of drug-likeness (QED) is 0.855. The molecular weight excluding hydrogens is 312 g/mol. The van der Waals surface area contributed by atoms with Crippen LogP contribution in [0.3, 0.4) is 0 Å². The van der Waals surface area contributed by atoms with Crippen molar-refractivity contribution in [2.24, 2.45) is 0 Å². The summed E-state index contributed by atoms with van der Waals surface area (Å²) < 4.78 is 32.5. The highest BCUT2D eigenvalue weighted by molar-refractivity contribution is 7.89. The molecule has 0 saturated carbocycles. The van der Waals surface area contributed by atoms with Crippen molar-refractivity contribution in [2.45, 2.75) is 38.3 Å². The van der Waals surface area contributed by atoms with Gasteiger partial charge in [-0.15, -0.1) is 0 Å². The average molecular weight is 338 g/mol. The molecule has 3 rings (SSSR count). The first kappa shape index (κ1) is 16.9. The molecule has 0 amide bonds. The fourth-order valence-corrected chi connectivity index (χ4v) is 4.62. The molecule has 6 heteroatoms. The molecule has 1 aromatic rings. The van der Waals surface area contributed by atoms with Crippen molar-refractivity contribution in [1.29, 1.82) is 0 Å². The summed E-state index contributed by atoms with van der Waals surface area (Å²) in [5.41, 5.74) is 2.77. The molecule has 0 aromatic heterocycles. The molecule has 1 saturated heterocycles. The van der Waals surface area contributed by atoms with Crippen molar-refractivity contribution in [1.82, 2.24) is 9.62 Å². The van der Waals surface area contributed by atoms with Crippen LogP contribution in [0.1, 0.15) is 30.4 Å². The van der Waals surface area contributed by atoms with Crippen LogP contribution in [0.5, 0.6) is 0 Å². The van der Waals surface area contributed by atoms with Crippen molar-refractivity contribution in [3.63, 3.8) is 0 Å². The highest BCUT2D eigenvalue weighted by Gasteiger charge is 2.22. The zero-order valence-electron chi connectivity index (χ0n) is 13.5. The smallest absolute Gasteiger partial charge is 0.214 e. The molecule has 1 aromatic carbocycles. The van der Waals surface area contributed by atoms with Crippen LogP contribution < -0.4 is 4.72 Å². The van der Waals surface area contributed by atoms with Crippen molar-refractivity contribution < 1.29 is 13.2 Å². The van der Waals surface area contributed by atoms with E-state index in [1.807, 2.05) is 0 Å². The molecule has 1 fully saturated rings. The van der Waals surface area contributed by atoms with Gasteiger partial charge in [-0.3, -0.25) is 4.90 Å². The predicted octanol–water partition coefficient (Wildman–Crippen LogP) is 1.53. The number of benzene rings is 1. The van der Waals surface area contributed by atoms with E-state index < -0.39 is 10.0 Å². The third-order valence-corrected chi connectivity index (χ3v) is 6.09. The molecule has 0 bridgehead atoms. The Morgan fingerprint density at radius 3 is 2.83 bits per heavy atom. The number of fused-ring (bicyclic) bond motifs is 1. The second kappa shape index (κ2) is 7.75. The molecule has 128 valence electrons. The minimum atomic E-state index is -3.24. The standard InChI is InChI=1S/C17H26N2O3S/c20-23(21,14-17-7-3-4-12-22-17)18-9-11-19-10-8-15-5-1-2-6-16(15)13-19/h1-2,5-6,17-18H,3-4,7-14H2. The molecule has 2 aliphatic rings. The van der Waals surface area contributed by atoms with E-state index in [-0.39, 0.29) is 11.9 Å². The van der Waals surface area contributed by atoms with Crippen LogP contribution in [-0.2, 0) is 27.7 Å². The molecule has 0 aliphatic carbocycles. The minimum absolute atomic E-state index is 0.0931. The number of rotatable bonds is 6. The Hall–Kier alpha value is -0.950. The van der Waals surface area contributed by atoms with Gasteiger partial charge in [0.25, 0.3) is 0 Å². The van der Waals surface area contributed by atoms with Crippen LogP contribution in [0.15, 0.2) is 24.3 Å². The van der Waals surface area contributed by atoms with Crippen molar-refractivity contribution in [2.75, 3.05) is 32.0 Å². The van der Waals surface area contributed by atoms with E-state index in [4.69, 9.17) is 4.74 Å². The van der Waals surface area contributed by atoms with Crippen LogP contribution in [0, 0.1) is 0 Å². The maximum Gasteiger partial charge on any atom is 0.214 e. The van der Waals surface area contributed by atoms with Gasteiger partial charge in [-0.2, -0.15) is 0 Å². The van der Waals surface area contributed by atoms with E-state index in [0.717, 1.165) is 45.3 Å². The largest absolute Gasteiger partial charge is 0.377 e. The van der Waals surface area contributed by atoms with E-state index >= 15 is 0 Å². The lowest BCUT2D eigenvalue weighted by atomic mass is 10.0. The van der Waals surface area contributed by atoms with Gasteiger partial charge in [-0.25, -0.2) is 13.1 Å². The summed E-state index contributed by atoms with van der Waals surface area (Å²) in [7, 11) is -3.24. The van der Waals surface area contributed by atoms with Crippen LogP contribution in [0.2, 0.25) is 0 Å². The highest BCUT2D eigenvalue weighted by Crippen LogP contribution is 2.18. The van der Waals surface area contributed by atoms with E-state index in [1.54, 1.807) is 0 Å². The van der Waals surface area contributed by atoms with Crippen molar-refractivity contribution in [3.8, 4) is 0 Å². The van der Waals surface area contributed by atoms with Crippen LogP contribution in [0.25, 0.3) is 0 Å². The molecule has 5 nitrogen and oxygen atoms in total. The van der Waals surface area contributed by atoms with Crippen LogP contribution in [0.4, 0.5) is 0 Å². The lowest BCUT2D eigenvalue weighted by Gasteiger charge is -2.28. The summed E-state index contributed by atoms with van der Waals surface area (Å²) in [6, 6.07) is 8.48. The molecule has 0 radical (unpaired) electrons. The second-order valence-electron chi connectivity index (χ2n) is 6.46. The van der Waals surface area contributed by atoms with Gasteiger partial charge in [0.05, 0.1) is 11.9 Å². The van der Waals surface area contributed by atoms with E-state index in [2.05, 4.69) is 33.9 Å². The van der Waals surface area contributed by atoms with Gasteiger partial charge in [-0.05, 0) is 36.8 Å². The first-order chi connectivity index (χ1) is 11.1. The number of hydrogen-bond acceptors (Lipinski definition) is 4. The first-order valence-corrected chi connectivity index (χ1v) is 10.2. The Labute approximate surface area is 139 Å². The zero-order chi connectivity index (χ0) is 16.1. The second-order valence-corrected chi connectivity index (χ2v) is 8.31. The fraction of sp³-hybridized carbons (Fsp3) is 0.647. The zero-order valence-corrected chi connectivity index (χ0v) is 14.4. The lowest BCUT2D eigenvalue weighted by Crippen LogP contribution is -2.40. The van der Waals surface area contributed by atoms with Crippen molar-refractivity contribution in [3.05, 3.63) is 35.4 Å². The number of nitrogens with one attached hydrogen (secondary N) is 1. The summed E-state index contributed by atoms with van der Waals surface area (Å²) in [5.74, 6) is 0.0931. The molecule has 0 spiro atoms. The molecule has 2 aliphatic heterocycles. The van der Waals surface area contributed by atoms with E-state index in [9.17, 15) is 8.42 Å². The van der Waals surface area contributed by atoms with E-state index in [0.29, 0.717) is 13.2 Å². The summed E-state index contributed by atoms with van der Waals surface area (Å²) >= 11 is 0. The first-order valence-electron chi connectivity index (χ1n) is 8.50. The average Bonchev–Trinajstić information content (AvgIpc) is 2.55. The summed E-state index contributed by atoms with van der Waals surface area (Å²) in [6.07, 6.45) is 3.86. The predicted molar refractivity (Wildman–Crippen MR) is 90.8 cm³/mol. The maximum atomic E-state index is 12.1. The van der Waals surface area contributed by atoms with E-state index in [1.165, 1.54) is 11.1 Å². The van der Waals surface area contributed by atoms with Crippen LogP contribution >= 0.6 is 0 Å². The summed E-state index contributed by atoms with van der Waals surface area (Å²) in [5, 5.41) is 0. The molecule has 2 heterocycles. The SMILES string of the molecule is O=S(=O)(CC1CCCCO1)NCCN1CCc2ccccc2C1. The lowest BCUT2D eigenvalue weighted by molar-refractivity contribution is 0.0304. The van der Waals surface area contributed by atoms with Crippen LogP contribution in [-0.4, -0.2) is 51.4 Å². The van der Waals surface area contributed by atoms with Gasteiger partial charge in [0, 0.05) is 32.8 Å². The number of hydrogen-bond donors (Lipinski definition) is 1. The highest BCUT2D eigenvalue weighted by atomic mass is 32.2. The molecule has 1 N–H and O–H groups in total. The third kappa shape index (κ3) is 5.01. The number of nitrogens with zero attached hydrogens (tertiary/aromatic N) is 1. The van der Waals surface area contributed by atoms with Crippen molar-refractivity contribution >= 4 is 10.0 Å². The minimum Gasteiger partial charge on any atom is -0.377 e. The topological polar surface area (TPSA) is 58.6 Å². The Morgan fingerprint density at radius 2 is 2.04 bits per heavy atom. The number of sulfonamides is 1. The monoisotopic (exact) mass is 338 g/mol. The third-order valence-electron chi connectivity index (χ3n) is 4.64. The van der Waals surface area contributed by atoms with Gasteiger partial charge in [0.15, 0.2) is 0 Å². The Kier molecular flexibility index (Phi) is 5.69. The normalized spacial score (nSPS) is 22.7. The molecule has 1 atom stereocenters. The Morgan fingerprint density at radius 1 is 1.22 bits per heavy atom. The van der Waals surface area contributed by atoms with Gasteiger partial charge in [-0.1, -0.05) is 24.3 Å². The van der Waals surface area contributed by atoms with Gasteiger partial charge >= 0.3 is 0 Å². The van der Waals surface area contributed by atoms with Gasteiger partial charge in [0.1, 0.15) is 0 Å². The number of ether oxygens (including phenoxy) is 1. The van der Waals surface area contributed by atoms with Gasteiger partial charge in [0.2, 0.25) is 10.0 Å². The summed E-state index contributed by atoms with van der Waals surface area (Å²) in [6.45, 7) is 3.80.